The van der Waals surface area contributed by atoms with Crippen LogP contribution in [0.5, 0.6) is 0 Å². The molecule has 19 heavy (non-hydrogen) atoms. The highest BCUT2D eigenvalue weighted by molar-refractivity contribution is 5.52. The number of anilines is 2. The van der Waals surface area contributed by atoms with Crippen LogP contribution in [0.1, 0.15) is 38.5 Å². The molecule has 6 heteroatoms. The van der Waals surface area contributed by atoms with Gasteiger partial charge in [-0.1, -0.05) is 25.7 Å². The van der Waals surface area contributed by atoms with Gasteiger partial charge in [-0.15, -0.1) is 0 Å². The number of nitrogens with two attached hydrogens (primary N) is 1. The summed E-state index contributed by atoms with van der Waals surface area (Å²) in [4.78, 5) is 14.3. The van der Waals surface area contributed by atoms with Crippen molar-refractivity contribution in [1.82, 2.24) is 4.98 Å². The van der Waals surface area contributed by atoms with Gasteiger partial charge < -0.3 is 11.1 Å². The number of hydrogen-bond acceptors (Lipinski definition) is 5. The van der Waals surface area contributed by atoms with Crippen LogP contribution < -0.4 is 11.1 Å². The smallest absolute Gasteiger partial charge is 0.276 e. The first-order chi connectivity index (χ1) is 9.15. The van der Waals surface area contributed by atoms with E-state index >= 15 is 0 Å². The van der Waals surface area contributed by atoms with E-state index in [0.29, 0.717) is 5.82 Å². The first-order valence-electron chi connectivity index (χ1n) is 6.81. The molecule has 104 valence electrons. The molecule has 0 bridgehead atoms. The molecule has 0 unspecified atom stereocenters. The molecule has 1 aromatic rings. The van der Waals surface area contributed by atoms with E-state index in [1.807, 2.05) is 0 Å². The Labute approximate surface area is 112 Å². The number of nitro groups is 1. The third-order valence-electron chi connectivity index (χ3n) is 3.61. The van der Waals surface area contributed by atoms with E-state index in [2.05, 4.69) is 10.3 Å². The summed E-state index contributed by atoms with van der Waals surface area (Å²) in [5, 5.41) is 13.8. The maximum absolute atomic E-state index is 10.7. The minimum absolute atomic E-state index is 0.0224. The van der Waals surface area contributed by atoms with Gasteiger partial charge in [0.05, 0.1) is 17.1 Å². The lowest BCUT2D eigenvalue weighted by molar-refractivity contribution is -0.384. The second-order valence-corrected chi connectivity index (χ2v) is 5.11. The molecule has 0 aliphatic heterocycles. The van der Waals surface area contributed by atoms with Crippen molar-refractivity contribution in [3.8, 4) is 0 Å². The summed E-state index contributed by atoms with van der Waals surface area (Å²) < 4.78 is 0. The number of hydrogen-bond donors (Lipinski definition) is 2. The Kier molecular flexibility index (Phi) is 4.54. The van der Waals surface area contributed by atoms with Crippen molar-refractivity contribution in [2.75, 3.05) is 17.6 Å². The molecule has 6 nitrogen and oxygen atoms in total. The zero-order chi connectivity index (χ0) is 13.7. The number of nitrogens with one attached hydrogen (secondary N) is 1. The maximum Gasteiger partial charge on any atom is 0.276 e. The fraction of sp³-hybridized carbons (Fsp3) is 0.615. The van der Waals surface area contributed by atoms with Crippen molar-refractivity contribution in [1.29, 1.82) is 0 Å². The molecule has 1 aliphatic rings. The van der Waals surface area contributed by atoms with Gasteiger partial charge in [-0.2, -0.15) is 0 Å². The molecule has 0 saturated heterocycles. The first-order valence-corrected chi connectivity index (χ1v) is 6.81. The molecular weight excluding hydrogens is 244 g/mol. The fourth-order valence-electron chi connectivity index (χ4n) is 2.64. The minimum Gasteiger partial charge on any atom is -0.383 e. The molecule has 0 aromatic carbocycles. The van der Waals surface area contributed by atoms with Crippen LogP contribution in [-0.2, 0) is 0 Å². The van der Waals surface area contributed by atoms with Crippen molar-refractivity contribution in [3.05, 3.63) is 22.2 Å². The second-order valence-electron chi connectivity index (χ2n) is 5.11. The van der Waals surface area contributed by atoms with Crippen molar-refractivity contribution >= 4 is 17.3 Å². The Balaban J connectivity index is 1.80. The van der Waals surface area contributed by atoms with Crippen LogP contribution in [0.15, 0.2) is 12.1 Å². The van der Waals surface area contributed by atoms with Gasteiger partial charge in [0.2, 0.25) is 0 Å². The zero-order valence-corrected chi connectivity index (χ0v) is 11.0. The highest BCUT2D eigenvalue weighted by Gasteiger charge is 2.14. The predicted molar refractivity (Wildman–Crippen MR) is 75.0 cm³/mol. The largest absolute Gasteiger partial charge is 0.383 e. The predicted octanol–water partition coefficient (Wildman–Crippen LogP) is 2.95. The summed E-state index contributed by atoms with van der Waals surface area (Å²) >= 11 is 0. The first kappa shape index (κ1) is 13.6. The quantitative estimate of drug-likeness (QED) is 0.468. The molecular formula is C13H20N4O2. The monoisotopic (exact) mass is 264 g/mol. The van der Waals surface area contributed by atoms with Gasteiger partial charge in [-0.3, -0.25) is 10.1 Å². The molecule has 1 heterocycles. The van der Waals surface area contributed by atoms with E-state index in [9.17, 15) is 10.1 Å². The number of nitrogens with zero attached hydrogens (tertiary/aromatic N) is 2. The minimum atomic E-state index is -0.457. The Morgan fingerprint density at radius 1 is 1.42 bits per heavy atom. The van der Waals surface area contributed by atoms with E-state index in [1.54, 1.807) is 0 Å². The maximum atomic E-state index is 10.7. The van der Waals surface area contributed by atoms with Crippen LogP contribution in [0.2, 0.25) is 0 Å². The number of aromatic nitrogens is 1. The molecule has 1 fully saturated rings. The van der Waals surface area contributed by atoms with E-state index in [1.165, 1.54) is 44.2 Å². The van der Waals surface area contributed by atoms with E-state index in [4.69, 9.17) is 5.73 Å². The van der Waals surface area contributed by atoms with E-state index < -0.39 is 4.92 Å². The topological polar surface area (TPSA) is 94.1 Å². The molecule has 0 spiro atoms. The lowest BCUT2D eigenvalue weighted by Crippen LogP contribution is -2.07. The average Bonchev–Trinajstić information content (AvgIpc) is 2.87. The van der Waals surface area contributed by atoms with Gasteiger partial charge in [0, 0.05) is 6.54 Å². The summed E-state index contributed by atoms with van der Waals surface area (Å²) in [6.07, 6.45) is 7.71. The molecule has 0 radical (unpaired) electrons. The standard InChI is InChI=1S/C13H20N4O2/c14-12-8-11(17(18)19)9-13(16-12)15-7-3-6-10-4-1-2-5-10/h8-10H,1-7H2,(H3,14,15,16). The number of pyridine rings is 1. The van der Waals surface area contributed by atoms with Crippen LogP contribution in [0.3, 0.4) is 0 Å². The SMILES string of the molecule is Nc1cc([N+](=O)[O-])cc(NCCCC2CCCC2)n1. The molecule has 0 amide bonds. The number of nitrogen functional groups attached to an aromatic ring is 1. The Morgan fingerprint density at radius 2 is 2.16 bits per heavy atom. The molecule has 3 N–H and O–H groups in total. The second kappa shape index (κ2) is 6.36. The third kappa shape index (κ3) is 4.08. The lowest BCUT2D eigenvalue weighted by Gasteiger charge is -2.09. The summed E-state index contributed by atoms with van der Waals surface area (Å²) in [6, 6.07) is 2.69. The molecule has 1 saturated carbocycles. The van der Waals surface area contributed by atoms with Crippen molar-refractivity contribution in [2.24, 2.45) is 5.92 Å². The lowest BCUT2D eigenvalue weighted by atomic mass is 10.0. The van der Waals surface area contributed by atoms with Crippen LogP contribution in [0, 0.1) is 16.0 Å². The van der Waals surface area contributed by atoms with E-state index in [0.717, 1.165) is 18.9 Å². The summed E-state index contributed by atoms with van der Waals surface area (Å²) in [5.74, 6) is 1.52. The van der Waals surface area contributed by atoms with Gasteiger partial charge in [0.25, 0.3) is 5.69 Å². The highest BCUT2D eigenvalue weighted by Crippen LogP contribution is 2.28. The van der Waals surface area contributed by atoms with Gasteiger partial charge in [-0.25, -0.2) is 4.98 Å². The summed E-state index contributed by atoms with van der Waals surface area (Å²) in [5.41, 5.74) is 5.52. The Morgan fingerprint density at radius 3 is 2.84 bits per heavy atom. The Bertz CT molecular complexity index is 444. The number of rotatable bonds is 6. The summed E-state index contributed by atoms with van der Waals surface area (Å²) in [7, 11) is 0. The molecule has 2 rings (SSSR count). The van der Waals surface area contributed by atoms with Crippen LogP contribution in [-0.4, -0.2) is 16.5 Å². The molecule has 1 aromatic heterocycles. The van der Waals surface area contributed by atoms with Crippen LogP contribution in [0.25, 0.3) is 0 Å². The fourth-order valence-corrected chi connectivity index (χ4v) is 2.64. The molecule has 1 aliphatic carbocycles. The van der Waals surface area contributed by atoms with Gasteiger partial charge in [-0.05, 0) is 18.8 Å². The van der Waals surface area contributed by atoms with Crippen molar-refractivity contribution < 1.29 is 4.92 Å². The van der Waals surface area contributed by atoms with Crippen molar-refractivity contribution in [2.45, 2.75) is 38.5 Å². The van der Waals surface area contributed by atoms with Crippen LogP contribution in [0.4, 0.5) is 17.3 Å². The Hall–Kier alpha value is -1.85. The van der Waals surface area contributed by atoms with Crippen LogP contribution >= 0.6 is 0 Å². The van der Waals surface area contributed by atoms with Gasteiger partial charge in [0.15, 0.2) is 0 Å². The van der Waals surface area contributed by atoms with E-state index in [-0.39, 0.29) is 11.5 Å². The van der Waals surface area contributed by atoms with Crippen molar-refractivity contribution in [3.63, 3.8) is 0 Å². The summed E-state index contributed by atoms with van der Waals surface area (Å²) in [6.45, 7) is 0.782. The third-order valence-corrected chi connectivity index (χ3v) is 3.61. The normalized spacial score (nSPS) is 15.6. The van der Waals surface area contributed by atoms with Gasteiger partial charge >= 0.3 is 0 Å². The average molecular weight is 264 g/mol. The molecule has 0 atom stereocenters. The zero-order valence-electron chi connectivity index (χ0n) is 11.0. The highest BCUT2D eigenvalue weighted by atomic mass is 16.6. The van der Waals surface area contributed by atoms with Gasteiger partial charge in [0.1, 0.15) is 11.6 Å².